The van der Waals surface area contributed by atoms with Crippen LogP contribution in [0.3, 0.4) is 0 Å². The summed E-state index contributed by atoms with van der Waals surface area (Å²) in [4.78, 5) is 28.7. The minimum atomic E-state index is -0.408. The average Bonchev–Trinajstić information content (AvgIpc) is 2.61. The van der Waals surface area contributed by atoms with E-state index in [1.165, 1.54) is 25.6 Å². The number of nitrogens with one attached hydrogen (secondary N) is 2. The Morgan fingerprint density at radius 2 is 1.85 bits per heavy atom. The fourth-order valence-electron chi connectivity index (χ4n) is 2.24. The molecule has 26 heavy (non-hydrogen) atoms. The Bertz CT molecular complexity index is 793. The van der Waals surface area contributed by atoms with Gasteiger partial charge in [0.25, 0.3) is 11.8 Å². The number of rotatable bonds is 7. The molecular weight excluding hydrogens is 354 g/mol. The van der Waals surface area contributed by atoms with E-state index in [4.69, 9.17) is 16.3 Å². The van der Waals surface area contributed by atoms with Crippen molar-refractivity contribution in [2.24, 2.45) is 5.92 Å². The summed E-state index contributed by atoms with van der Waals surface area (Å²) in [6.45, 7) is 4.75. The second-order valence-corrected chi connectivity index (χ2v) is 6.64. The Morgan fingerprint density at radius 3 is 2.50 bits per heavy atom. The normalized spacial score (nSPS) is 10.5. The van der Waals surface area contributed by atoms with Crippen molar-refractivity contribution >= 4 is 29.1 Å². The summed E-state index contributed by atoms with van der Waals surface area (Å²) in [6, 6.07) is 6.42. The lowest BCUT2D eigenvalue weighted by atomic mass is 10.1. The third kappa shape index (κ3) is 5.46. The van der Waals surface area contributed by atoms with Gasteiger partial charge in [-0.15, -0.1) is 0 Å². The molecule has 6 nitrogen and oxygen atoms in total. The van der Waals surface area contributed by atoms with Gasteiger partial charge in [-0.25, -0.2) is 0 Å². The standard InChI is InChI=1S/C19H22ClN3O3/c1-12(2)6-7-22-18(24)13-8-14(11-21-10-13)19(25)23-16-9-15(20)4-5-17(16)26-3/h4-5,8-12H,6-7H2,1-3H3,(H,22,24)(H,23,25). The first-order valence-corrected chi connectivity index (χ1v) is 8.66. The van der Waals surface area contributed by atoms with Crippen LogP contribution in [0.25, 0.3) is 0 Å². The smallest absolute Gasteiger partial charge is 0.257 e. The van der Waals surface area contributed by atoms with E-state index in [-0.39, 0.29) is 11.5 Å². The minimum absolute atomic E-state index is 0.256. The van der Waals surface area contributed by atoms with Crippen molar-refractivity contribution in [3.8, 4) is 5.75 Å². The lowest BCUT2D eigenvalue weighted by molar-refractivity contribution is 0.0951. The molecule has 0 unspecified atom stereocenters. The van der Waals surface area contributed by atoms with Gasteiger partial charge >= 0.3 is 0 Å². The summed E-state index contributed by atoms with van der Waals surface area (Å²) in [6.07, 6.45) is 3.71. The van der Waals surface area contributed by atoms with Crippen molar-refractivity contribution in [3.63, 3.8) is 0 Å². The zero-order valence-electron chi connectivity index (χ0n) is 15.0. The maximum Gasteiger partial charge on any atom is 0.257 e. The van der Waals surface area contributed by atoms with Crippen molar-refractivity contribution in [1.29, 1.82) is 0 Å². The number of hydrogen-bond donors (Lipinski definition) is 2. The van der Waals surface area contributed by atoms with Gasteiger partial charge < -0.3 is 15.4 Å². The van der Waals surface area contributed by atoms with Crippen LogP contribution in [0.4, 0.5) is 5.69 Å². The van der Waals surface area contributed by atoms with Crippen LogP contribution in [-0.4, -0.2) is 30.5 Å². The fraction of sp³-hybridized carbons (Fsp3) is 0.316. The molecular formula is C19H22ClN3O3. The highest BCUT2D eigenvalue weighted by Gasteiger charge is 2.14. The number of carbonyl (C=O) groups excluding carboxylic acids is 2. The Labute approximate surface area is 157 Å². The van der Waals surface area contributed by atoms with Gasteiger partial charge in [0.1, 0.15) is 5.75 Å². The van der Waals surface area contributed by atoms with Crippen LogP contribution in [0.15, 0.2) is 36.7 Å². The summed E-state index contributed by atoms with van der Waals surface area (Å²) in [5.74, 6) is 0.319. The zero-order valence-corrected chi connectivity index (χ0v) is 15.8. The van der Waals surface area contributed by atoms with E-state index in [1.54, 1.807) is 18.2 Å². The Kier molecular flexibility index (Phi) is 6.97. The number of hydrogen-bond acceptors (Lipinski definition) is 4. The SMILES string of the molecule is COc1ccc(Cl)cc1NC(=O)c1cncc(C(=O)NCCC(C)C)c1. The largest absolute Gasteiger partial charge is 0.495 e. The van der Waals surface area contributed by atoms with Gasteiger partial charge in [-0.3, -0.25) is 14.6 Å². The third-order valence-electron chi connectivity index (χ3n) is 3.68. The van der Waals surface area contributed by atoms with Crippen LogP contribution in [-0.2, 0) is 0 Å². The number of aromatic nitrogens is 1. The molecule has 0 atom stereocenters. The molecule has 0 fully saturated rings. The predicted octanol–water partition coefficient (Wildman–Crippen LogP) is 3.77. The molecule has 7 heteroatoms. The fourth-order valence-corrected chi connectivity index (χ4v) is 2.41. The number of amides is 2. The van der Waals surface area contributed by atoms with Crippen molar-refractivity contribution in [2.75, 3.05) is 19.0 Å². The summed E-state index contributed by atoms with van der Waals surface area (Å²) in [5, 5.41) is 6.02. The number of halogens is 1. The summed E-state index contributed by atoms with van der Waals surface area (Å²) in [5.41, 5.74) is 1.04. The van der Waals surface area contributed by atoms with Crippen molar-refractivity contribution in [2.45, 2.75) is 20.3 Å². The predicted molar refractivity (Wildman–Crippen MR) is 102 cm³/mol. The second kappa shape index (κ2) is 9.20. The van der Waals surface area contributed by atoms with Gasteiger partial charge in [0.2, 0.25) is 0 Å². The van der Waals surface area contributed by atoms with Gasteiger partial charge in [-0.05, 0) is 36.6 Å². The van der Waals surface area contributed by atoms with Gasteiger partial charge in [0, 0.05) is 24.0 Å². The first kappa shape index (κ1) is 19.7. The van der Waals surface area contributed by atoms with E-state index in [9.17, 15) is 9.59 Å². The molecule has 0 aliphatic heterocycles. The molecule has 138 valence electrons. The molecule has 0 radical (unpaired) electrons. The Morgan fingerprint density at radius 1 is 1.15 bits per heavy atom. The van der Waals surface area contributed by atoms with Crippen LogP contribution in [0, 0.1) is 5.92 Å². The van der Waals surface area contributed by atoms with Crippen molar-refractivity contribution in [3.05, 3.63) is 52.8 Å². The van der Waals surface area contributed by atoms with E-state index < -0.39 is 5.91 Å². The van der Waals surface area contributed by atoms with Crippen LogP contribution in [0.1, 0.15) is 41.0 Å². The molecule has 1 heterocycles. The number of pyridine rings is 1. The molecule has 0 spiro atoms. The number of anilines is 1. The number of methoxy groups -OCH3 is 1. The second-order valence-electron chi connectivity index (χ2n) is 6.20. The highest BCUT2D eigenvalue weighted by atomic mass is 35.5. The molecule has 1 aromatic heterocycles. The number of ether oxygens (including phenoxy) is 1. The van der Waals surface area contributed by atoms with Crippen molar-refractivity contribution < 1.29 is 14.3 Å². The zero-order chi connectivity index (χ0) is 19.1. The lowest BCUT2D eigenvalue weighted by Crippen LogP contribution is -2.26. The molecule has 0 aliphatic rings. The molecule has 2 rings (SSSR count). The van der Waals surface area contributed by atoms with Crippen LogP contribution in [0.2, 0.25) is 5.02 Å². The molecule has 0 aliphatic carbocycles. The highest BCUT2D eigenvalue weighted by molar-refractivity contribution is 6.31. The molecule has 0 bridgehead atoms. The van der Waals surface area contributed by atoms with E-state index >= 15 is 0 Å². The molecule has 0 saturated heterocycles. The summed E-state index contributed by atoms with van der Waals surface area (Å²) >= 11 is 5.97. The summed E-state index contributed by atoms with van der Waals surface area (Å²) in [7, 11) is 1.50. The lowest BCUT2D eigenvalue weighted by Gasteiger charge is -2.11. The maximum atomic E-state index is 12.5. The monoisotopic (exact) mass is 375 g/mol. The Balaban J connectivity index is 2.10. The van der Waals surface area contributed by atoms with E-state index in [2.05, 4.69) is 29.5 Å². The number of benzene rings is 1. The highest BCUT2D eigenvalue weighted by Crippen LogP contribution is 2.28. The van der Waals surface area contributed by atoms with Gasteiger partial charge in [0.15, 0.2) is 0 Å². The Hall–Kier alpha value is -2.60. The molecule has 2 N–H and O–H groups in total. The number of nitrogens with zero attached hydrogens (tertiary/aromatic N) is 1. The van der Waals surface area contributed by atoms with E-state index in [0.29, 0.717) is 34.5 Å². The topological polar surface area (TPSA) is 80.3 Å². The maximum absolute atomic E-state index is 12.5. The van der Waals surface area contributed by atoms with E-state index in [1.807, 2.05) is 0 Å². The van der Waals surface area contributed by atoms with Crippen molar-refractivity contribution in [1.82, 2.24) is 10.3 Å². The molecule has 1 aromatic carbocycles. The van der Waals surface area contributed by atoms with Crippen LogP contribution < -0.4 is 15.4 Å². The van der Waals surface area contributed by atoms with Gasteiger partial charge in [0.05, 0.1) is 23.9 Å². The van der Waals surface area contributed by atoms with Gasteiger partial charge in [-0.2, -0.15) is 0 Å². The minimum Gasteiger partial charge on any atom is -0.495 e. The molecule has 2 aromatic rings. The average molecular weight is 376 g/mol. The first-order chi connectivity index (χ1) is 12.4. The molecule has 0 saturated carbocycles. The quantitative estimate of drug-likeness (QED) is 0.771. The van der Waals surface area contributed by atoms with Gasteiger partial charge in [-0.1, -0.05) is 25.4 Å². The first-order valence-electron chi connectivity index (χ1n) is 8.29. The third-order valence-corrected chi connectivity index (χ3v) is 3.91. The number of carbonyl (C=O) groups is 2. The van der Waals surface area contributed by atoms with Crippen LogP contribution in [0.5, 0.6) is 5.75 Å². The molecule has 2 amide bonds. The van der Waals surface area contributed by atoms with E-state index in [0.717, 1.165) is 6.42 Å². The van der Waals surface area contributed by atoms with Crippen LogP contribution >= 0.6 is 11.6 Å². The summed E-state index contributed by atoms with van der Waals surface area (Å²) < 4.78 is 5.21.